The third-order valence-corrected chi connectivity index (χ3v) is 5.18. The van der Waals surface area contributed by atoms with Crippen molar-refractivity contribution in [3.63, 3.8) is 0 Å². The van der Waals surface area contributed by atoms with Crippen LogP contribution in [0.4, 0.5) is 0 Å². The fraction of sp³-hybridized carbons (Fsp3) is 0.333. The Hall–Kier alpha value is -1.63. The molecule has 0 spiro atoms. The van der Waals surface area contributed by atoms with Crippen LogP contribution in [0.5, 0.6) is 5.75 Å². The summed E-state index contributed by atoms with van der Waals surface area (Å²) in [6.07, 6.45) is 3.52. The van der Waals surface area contributed by atoms with E-state index in [0.29, 0.717) is 6.61 Å². The van der Waals surface area contributed by atoms with E-state index in [9.17, 15) is 0 Å². The second kappa shape index (κ2) is 5.78. The summed E-state index contributed by atoms with van der Waals surface area (Å²) in [6, 6.07) is 8.61. The Balaban J connectivity index is 2.00. The summed E-state index contributed by atoms with van der Waals surface area (Å²) in [5.41, 5.74) is 7.00. The van der Waals surface area contributed by atoms with Crippen LogP contribution in [0.25, 0.3) is 22.3 Å². The van der Waals surface area contributed by atoms with E-state index in [4.69, 9.17) is 9.72 Å². The summed E-state index contributed by atoms with van der Waals surface area (Å²) in [7, 11) is 1.95. The molecule has 1 aliphatic rings. The van der Waals surface area contributed by atoms with Gasteiger partial charge in [-0.25, -0.2) is 4.98 Å². The summed E-state index contributed by atoms with van der Waals surface area (Å²) < 4.78 is 8.71. The molecule has 3 aromatic rings. The highest BCUT2D eigenvalue weighted by Crippen LogP contribution is 2.38. The Kier molecular flexibility index (Phi) is 3.75. The number of rotatable bonds is 3. The number of aromatic nitrogens is 3. The average Bonchev–Trinajstić information content (AvgIpc) is 3.12. The van der Waals surface area contributed by atoms with Gasteiger partial charge < -0.3 is 4.74 Å². The molecule has 2 heterocycles. The number of hydrogen-bond donors (Lipinski definition) is 0. The quantitative estimate of drug-likeness (QED) is 0.600. The van der Waals surface area contributed by atoms with Crippen LogP contribution in [0.2, 0.25) is 0 Å². The minimum atomic E-state index is 0.629. The number of pyridine rings is 1. The molecule has 4 rings (SSSR count). The molecule has 118 valence electrons. The maximum Gasteiger partial charge on any atom is 0.149 e. The molecule has 0 amide bonds. The van der Waals surface area contributed by atoms with Crippen LogP contribution >= 0.6 is 22.6 Å². The number of nitrogens with zero attached hydrogens (tertiary/aromatic N) is 3. The lowest BCUT2D eigenvalue weighted by Gasteiger charge is -2.13. The van der Waals surface area contributed by atoms with Crippen LogP contribution in [-0.2, 0) is 19.9 Å². The summed E-state index contributed by atoms with van der Waals surface area (Å²) in [5, 5.41) is 4.48. The van der Waals surface area contributed by atoms with Crippen molar-refractivity contribution >= 4 is 33.6 Å². The van der Waals surface area contributed by atoms with Gasteiger partial charge in [0.25, 0.3) is 0 Å². The van der Waals surface area contributed by atoms with Gasteiger partial charge in [-0.15, -0.1) is 0 Å². The van der Waals surface area contributed by atoms with Crippen molar-refractivity contribution in [2.24, 2.45) is 7.05 Å². The minimum absolute atomic E-state index is 0.629. The molecule has 1 aliphatic carbocycles. The fourth-order valence-electron chi connectivity index (χ4n) is 3.42. The third-order valence-electron chi connectivity index (χ3n) is 4.45. The second-order valence-electron chi connectivity index (χ2n) is 5.85. The van der Waals surface area contributed by atoms with E-state index in [1.165, 1.54) is 29.5 Å². The Morgan fingerprint density at radius 2 is 2.17 bits per heavy atom. The predicted molar refractivity (Wildman–Crippen MR) is 99.9 cm³/mol. The maximum absolute atomic E-state index is 5.92. The van der Waals surface area contributed by atoms with Gasteiger partial charge in [-0.1, -0.05) is 18.2 Å². The highest BCUT2D eigenvalue weighted by atomic mass is 127. The summed E-state index contributed by atoms with van der Waals surface area (Å²) in [5.74, 6) is 0.847. The zero-order valence-corrected chi connectivity index (χ0v) is 15.4. The van der Waals surface area contributed by atoms with Crippen molar-refractivity contribution in [1.82, 2.24) is 14.8 Å². The Bertz CT molecular complexity index is 901. The topological polar surface area (TPSA) is 39.9 Å². The van der Waals surface area contributed by atoms with E-state index in [1.54, 1.807) is 0 Å². The zero-order valence-electron chi connectivity index (χ0n) is 13.3. The van der Waals surface area contributed by atoms with Gasteiger partial charge in [-0.3, -0.25) is 4.68 Å². The zero-order chi connectivity index (χ0) is 16.0. The molecular weight excluding hydrogens is 401 g/mol. The SMILES string of the molecule is CCOc1cc2c(nc1-c1cccc3c1CCC3)c(I)nn2C. The smallest absolute Gasteiger partial charge is 0.149 e. The lowest BCUT2D eigenvalue weighted by molar-refractivity contribution is 0.341. The summed E-state index contributed by atoms with van der Waals surface area (Å²) in [4.78, 5) is 4.95. The first kappa shape index (κ1) is 14.9. The second-order valence-corrected chi connectivity index (χ2v) is 6.87. The molecule has 0 aliphatic heterocycles. The van der Waals surface area contributed by atoms with E-state index < -0.39 is 0 Å². The Morgan fingerprint density at radius 3 is 3.00 bits per heavy atom. The molecule has 0 atom stereocenters. The molecular formula is C18H18IN3O. The van der Waals surface area contributed by atoms with Gasteiger partial charge in [0.15, 0.2) is 0 Å². The van der Waals surface area contributed by atoms with Gasteiger partial charge in [0.2, 0.25) is 0 Å². The van der Waals surface area contributed by atoms with Gasteiger partial charge in [0.05, 0.1) is 12.1 Å². The Labute approximate surface area is 149 Å². The number of aryl methyl sites for hydroxylation is 2. The standard InChI is InChI=1S/C18H18IN3O/c1-3-23-15-10-14-17(18(19)21-22(14)2)20-16(15)13-9-5-7-11-6-4-8-12(11)13/h5,7,9-10H,3-4,6,8H2,1-2H3. The van der Waals surface area contributed by atoms with Crippen molar-refractivity contribution in [2.45, 2.75) is 26.2 Å². The molecule has 0 unspecified atom stereocenters. The highest BCUT2D eigenvalue weighted by molar-refractivity contribution is 14.1. The number of halogens is 1. The van der Waals surface area contributed by atoms with Crippen molar-refractivity contribution in [3.8, 4) is 17.0 Å². The highest BCUT2D eigenvalue weighted by Gasteiger charge is 2.21. The third kappa shape index (κ3) is 2.41. The molecule has 1 aromatic carbocycles. The molecule has 0 saturated carbocycles. The van der Waals surface area contributed by atoms with Gasteiger partial charge in [0, 0.05) is 18.7 Å². The van der Waals surface area contributed by atoms with E-state index >= 15 is 0 Å². The van der Waals surface area contributed by atoms with Crippen molar-refractivity contribution in [2.75, 3.05) is 6.61 Å². The molecule has 0 radical (unpaired) electrons. The van der Waals surface area contributed by atoms with Crippen molar-refractivity contribution < 1.29 is 4.74 Å². The van der Waals surface area contributed by atoms with Crippen molar-refractivity contribution in [3.05, 3.63) is 39.1 Å². The largest absolute Gasteiger partial charge is 0.492 e. The van der Waals surface area contributed by atoms with E-state index in [-0.39, 0.29) is 0 Å². The first-order valence-electron chi connectivity index (χ1n) is 7.96. The first-order chi connectivity index (χ1) is 11.2. The van der Waals surface area contributed by atoms with Crippen LogP contribution < -0.4 is 4.74 Å². The van der Waals surface area contributed by atoms with Crippen LogP contribution in [0.1, 0.15) is 24.5 Å². The van der Waals surface area contributed by atoms with E-state index in [2.05, 4.69) is 52.0 Å². The first-order valence-corrected chi connectivity index (χ1v) is 9.04. The molecule has 4 nitrogen and oxygen atoms in total. The minimum Gasteiger partial charge on any atom is -0.492 e. The van der Waals surface area contributed by atoms with E-state index in [0.717, 1.165) is 32.6 Å². The molecule has 5 heteroatoms. The van der Waals surface area contributed by atoms with Crippen LogP contribution in [-0.4, -0.2) is 21.4 Å². The lowest BCUT2D eigenvalue weighted by atomic mass is 9.99. The predicted octanol–water partition coefficient (Wildman–Crippen LogP) is 4.13. The number of fused-ring (bicyclic) bond motifs is 2. The number of benzene rings is 1. The van der Waals surface area contributed by atoms with Gasteiger partial charge >= 0.3 is 0 Å². The molecule has 0 fully saturated rings. The average molecular weight is 419 g/mol. The normalized spacial score (nSPS) is 13.5. The molecule has 23 heavy (non-hydrogen) atoms. The molecule has 0 N–H and O–H groups in total. The van der Waals surface area contributed by atoms with Gasteiger partial charge in [-0.05, 0) is 59.9 Å². The van der Waals surface area contributed by atoms with Gasteiger partial charge in [-0.2, -0.15) is 5.10 Å². The maximum atomic E-state index is 5.92. The molecule has 0 saturated heterocycles. The monoisotopic (exact) mass is 419 g/mol. The van der Waals surface area contributed by atoms with Crippen molar-refractivity contribution in [1.29, 1.82) is 0 Å². The van der Waals surface area contributed by atoms with Crippen LogP contribution in [0, 0.1) is 3.70 Å². The Morgan fingerprint density at radius 1 is 1.30 bits per heavy atom. The summed E-state index contributed by atoms with van der Waals surface area (Å²) in [6.45, 7) is 2.64. The van der Waals surface area contributed by atoms with Crippen LogP contribution in [0.15, 0.2) is 24.3 Å². The fourth-order valence-corrected chi connectivity index (χ4v) is 4.14. The summed E-state index contributed by atoms with van der Waals surface area (Å²) >= 11 is 2.25. The van der Waals surface area contributed by atoms with Gasteiger partial charge in [0.1, 0.15) is 20.7 Å². The lowest BCUT2D eigenvalue weighted by Crippen LogP contribution is -2.00. The molecule has 0 bridgehead atoms. The number of ether oxygens (including phenoxy) is 1. The number of hydrogen-bond acceptors (Lipinski definition) is 3. The van der Waals surface area contributed by atoms with E-state index in [1.807, 2.05) is 18.7 Å². The molecule has 2 aromatic heterocycles. The van der Waals surface area contributed by atoms with Crippen LogP contribution in [0.3, 0.4) is 0 Å².